The van der Waals surface area contributed by atoms with Gasteiger partial charge in [-0.05, 0) is 19.8 Å². The van der Waals surface area contributed by atoms with E-state index >= 15 is 0 Å². The molecule has 1 fully saturated rings. The second-order valence-corrected chi connectivity index (χ2v) is 5.04. The summed E-state index contributed by atoms with van der Waals surface area (Å²) in [5.41, 5.74) is 6.10. The fourth-order valence-electron chi connectivity index (χ4n) is 2.40. The normalized spacial score (nSPS) is 18.6. The predicted octanol–water partition coefficient (Wildman–Crippen LogP) is -0.461. The smallest absolute Gasteiger partial charge is 0.310 e. The zero-order valence-electron chi connectivity index (χ0n) is 12.2. The zero-order chi connectivity index (χ0) is 15.2. The fourth-order valence-corrected chi connectivity index (χ4v) is 2.40. The van der Waals surface area contributed by atoms with E-state index in [1.54, 1.807) is 18.0 Å². The molecule has 1 aromatic rings. The summed E-state index contributed by atoms with van der Waals surface area (Å²) in [6, 6.07) is 0. The molecule has 21 heavy (non-hydrogen) atoms. The van der Waals surface area contributed by atoms with Gasteiger partial charge in [-0.15, -0.1) is 5.10 Å². The van der Waals surface area contributed by atoms with Crippen molar-refractivity contribution in [1.29, 1.82) is 0 Å². The van der Waals surface area contributed by atoms with Crippen LogP contribution in [0.4, 0.5) is 0 Å². The SMILES string of the molecule is CCOC(=O)C1CCCN(C(=O)Cn2cc(CN)nn2)C1. The molecule has 1 saturated heterocycles. The van der Waals surface area contributed by atoms with E-state index < -0.39 is 0 Å². The van der Waals surface area contributed by atoms with Gasteiger partial charge < -0.3 is 15.4 Å². The molecule has 1 aromatic heterocycles. The number of rotatable bonds is 5. The second-order valence-electron chi connectivity index (χ2n) is 5.04. The second kappa shape index (κ2) is 7.16. The lowest BCUT2D eigenvalue weighted by molar-refractivity contribution is -0.151. The first-order valence-electron chi connectivity index (χ1n) is 7.17. The van der Waals surface area contributed by atoms with Gasteiger partial charge in [0, 0.05) is 19.6 Å². The van der Waals surface area contributed by atoms with Gasteiger partial charge >= 0.3 is 5.97 Å². The number of nitrogens with zero attached hydrogens (tertiary/aromatic N) is 4. The number of amides is 1. The molecule has 2 rings (SSSR count). The highest BCUT2D eigenvalue weighted by Crippen LogP contribution is 2.18. The summed E-state index contributed by atoms with van der Waals surface area (Å²) < 4.78 is 6.50. The Hall–Kier alpha value is -1.96. The molecule has 2 N–H and O–H groups in total. The lowest BCUT2D eigenvalue weighted by Crippen LogP contribution is -2.44. The van der Waals surface area contributed by atoms with Crippen molar-refractivity contribution in [3.8, 4) is 0 Å². The van der Waals surface area contributed by atoms with Crippen LogP contribution in [0, 0.1) is 5.92 Å². The third-order valence-electron chi connectivity index (χ3n) is 3.49. The van der Waals surface area contributed by atoms with Gasteiger partial charge in [-0.2, -0.15) is 0 Å². The Labute approximate surface area is 123 Å². The van der Waals surface area contributed by atoms with Crippen LogP contribution in [0.3, 0.4) is 0 Å². The minimum atomic E-state index is -0.224. The quantitative estimate of drug-likeness (QED) is 0.737. The summed E-state index contributed by atoms with van der Waals surface area (Å²) >= 11 is 0. The van der Waals surface area contributed by atoms with Gasteiger partial charge in [0.25, 0.3) is 0 Å². The van der Waals surface area contributed by atoms with Gasteiger partial charge in [0.2, 0.25) is 5.91 Å². The van der Waals surface area contributed by atoms with Crippen LogP contribution in [0.2, 0.25) is 0 Å². The summed E-state index contributed by atoms with van der Waals surface area (Å²) in [6.45, 7) is 3.63. The van der Waals surface area contributed by atoms with E-state index in [1.165, 1.54) is 4.68 Å². The van der Waals surface area contributed by atoms with Crippen molar-refractivity contribution in [3.05, 3.63) is 11.9 Å². The summed E-state index contributed by atoms with van der Waals surface area (Å²) in [5.74, 6) is -0.517. The summed E-state index contributed by atoms with van der Waals surface area (Å²) in [4.78, 5) is 25.7. The summed E-state index contributed by atoms with van der Waals surface area (Å²) in [7, 11) is 0. The topological polar surface area (TPSA) is 103 Å². The van der Waals surface area contributed by atoms with Crippen LogP contribution in [0.5, 0.6) is 0 Å². The Kier molecular flexibility index (Phi) is 5.26. The molecule has 1 amide bonds. The van der Waals surface area contributed by atoms with Crippen LogP contribution in [-0.2, 0) is 27.4 Å². The standard InChI is InChI=1S/C13H21N5O3/c1-2-21-13(20)10-4-3-5-17(7-10)12(19)9-18-8-11(6-14)15-16-18/h8,10H,2-7,9,14H2,1H3. The predicted molar refractivity (Wildman–Crippen MR) is 73.9 cm³/mol. The van der Waals surface area contributed by atoms with Crippen molar-refractivity contribution in [1.82, 2.24) is 19.9 Å². The number of carbonyl (C=O) groups is 2. The monoisotopic (exact) mass is 295 g/mol. The molecule has 0 radical (unpaired) electrons. The van der Waals surface area contributed by atoms with E-state index in [9.17, 15) is 9.59 Å². The minimum absolute atomic E-state index is 0.0718. The summed E-state index contributed by atoms with van der Waals surface area (Å²) in [5, 5.41) is 7.70. The molecule has 1 aliphatic rings. The van der Waals surface area contributed by atoms with Crippen LogP contribution in [0.1, 0.15) is 25.5 Å². The van der Waals surface area contributed by atoms with Gasteiger partial charge in [0.15, 0.2) is 0 Å². The number of ether oxygens (including phenoxy) is 1. The maximum absolute atomic E-state index is 12.2. The number of hydrogen-bond acceptors (Lipinski definition) is 6. The lowest BCUT2D eigenvalue weighted by atomic mass is 9.98. The molecular formula is C13H21N5O3. The lowest BCUT2D eigenvalue weighted by Gasteiger charge is -2.31. The maximum atomic E-state index is 12.2. The number of nitrogens with two attached hydrogens (primary N) is 1. The molecular weight excluding hydrogens is 274 g/mol. The number of likely N-dealkylation sites (tertiary alicyclic amines) is 1. The molecule has 1 aliphatic heterocycles. The Balaban J connectivity index is 1.91. The number of carbonyl (C=O) groups excluding carboxylic acids is 2. The van der Waals surface area contributed by atoms with Crippen LogP contribution in [0.15, 0.2) is 6.20 Å². The molecule has 0 aromatic carbocycles. The van der Waals surface area contributed by atoms with E-state index in [1.807, 2.05) is 0 Å². The van der Waals surface area contributed by atoms with Crippen LogP contribution in [-0.4, -0.2) is 51.5 Å². The van der Waals surface area contributed by atoms with E-state index in [-0.39, 0.29) is 24.3 Å². The van der Waals surface area contributed by atoms with Crippen LogP contribution >= 0.6 is 0 Å². The van der Waals surface area contributed by atoms with Crippen molar-refractivity contribution in [2.75, 3.05) is 19.7 Å². The maximum Gasteiger partial charge on any atom is 0.310 e. The highest BCUT2D eigenvalue weighted by molar-refractivity contribution is 5.78. The van der Waals surface area contributed by atoms with E-state index in [2.05, 4.69) is 10.3 Å². The minimum Gasteiger partial charge on any atom is -0.466 e. The fraction of sp³-hybridized carbons (Fsp3) is 0.692. The largest absolute Gasteiger partial charge is 0.466 e. The molecule has 8 nitrogen and oxygen atoms in total. The van der Waals surface area contributed by atoms with Gasteiger partial charge in [-0.25, -0.2) is 4.68 Å². The third kappa shape index (κ3) is 4.01. The van der Waals surface area contributed by atoms with Gasteiger partial charge in [0.1, 0.15) is 6.54 Å². The number of esters is 1. The van der Waals surface area contributed by atoms with Crippen molar-refractivity contribution in [2.24, 2.45) is 11.7 Å². The van der Waals surface area contributed by atoms with Crippen LogP contribution < -0.4 is 5.73 Å². The number of aromatic nitrogens is 3. The molecule has 1 atom stereocenters. The van der Waals surface area contributed by atoms with E-state index in [0.29, 0.717) is 31.9 Å². The first kappa shape index (κ1) is 15.4. The molecule has 0 spiro atoms. The highest BCUT2D eigenvalue weighted by atomic mass is 16.5. The average Bonchev–Trinajstić information content (AvgIpc) is 2.95. The Morgan fingerprint density at radius 2 is 2.33 bits per heavy atom. The molecule has 0 saturated carbocycles. The van der Waals surface area contributed by atoms with E-state index in [4.69, 9.17) is 10.5 Å². The molecule has 8 heteroatoms. The Morgan fingerprint density at radius 3 is 3.00 bits per heavy atom. The summed E-state index contributed by atoms with van der Waals surface area (Å²) in [6.07, 6.45) is 3.23. The molecule has 0 bridgehead atoms. The first-order valence-corrected chi connectivity index (χ1v) is 7.17. The van der Waals surface area contributed by atoms with Gasteiger partial charge in [-0.3, -0.25) is 9.59 Å². The highest BCUT2D eigenvalue weighted by Gasteiger charge is 2.29. The van der Waals surface area contributed by atoms with E-state index in [0.717, 1.165) is 12.8 Å². The first-order chi connectivity index (χ1) is 10.1. The molecule has 2 heterocycles. The number of hydrogen-bond donors (Lipinski definition) is 1. The van der Waals surface area contributed by atoms with Gasteiger partial charge in [0.05, 0.1) is 24.4 Å². The third-order valence-corrected chi connectivity index (χ3v) is 3.49. The Morgan fingerprint density at radius 1 is 1.52 bits per heavy atom. The molecule has 1 unspecified atom stereocenters. The number of piperidine rings is 1. The van der Waals surface area contributed by atoms with Crippen molar-refractivity contribution in [2.45, 2.75) is 32.9 Å². The van der Waals surface area contributed by atoms with Crippen molar-refractivity contribution >= 4 is 11.9 Å². The van der Waals surface area contributed by atoms with Crippen molar-refractivity contribution in [3.63, 3.8) is 0 Å². The average molecular weight is 295 g/mol. The van der Waals surface area contributed by atoms with Crippen LogP contribution in [0.25, 0.3) is 0 Å². The van der Waals surface area contributed by atoms with Gasteiger partial charge in [-0.1, -0.05) is 5.21 Å². The molecule has 116 valence electrons. The molecule has 0 aliphatic carbocycles. The Bertz CT molecular complexity index is 502. The van der Waals surface area contributed by atoms with Crippen molar-refractivity contribution < 1.29 is 14.3 Å². The zero-order valence-corrected chi connectivity index (χ0v) is 12.2.